The third kappa shape index (κ3) is 4.02. The number of thiazole rings is 1. The molecule has 0 aliphatic carbocycles. The molecule has 1 N–H and O–H groups in total. The molecule has 2 aromatic rings. The van der Waals surface area contributed by atoms with Crippen LogP contribution in [0.4, 0.5) is 0 Å². The Labute approximate surface area is 147 Å². The van der Waals surface area contributed by atoms with Gasteiger partial charge in [0.1, 0.15) is 6.04 Å². The van der Waals surface area contributed by atoms with Crippen molar-refractivity contribution in [2.24, 2.45) is 0 Å². The first-order chi connectivity index (χ1) is 11.6. The number of carbonyl (C=O) groups excluding carboxylic acids is 1. The molecule has 128 valence electrons. The number of aromatic nitrogens is 1. The first-order valence-corrected chi connectivity index (χ1v) is 9.49. The molecule has 24 heavy (non-hydrogen) atoms. The van der Waals surface area contributed by atoms with Crippen LogP contribution >= 0.6 is 11.3 Å². The molecule has 1 aliphatic rings. The van der Waals surface area contributed by atoms with Crippen LogP contribution in [0.25, 0.3) is 0 Å². The molecule has 0 saturated carbocycles. The summed E-state index contributed by atoms with van der Waals surface area (Å²) in [4.78, 5) is 20.6. The van der Waals surface area contributed by atoms with Gasteiger partial charge >= 0.3 is 0 Å². The number of aryl methyl sites for hydroxylation is 1. The van der Waals surface area contributed by atoms with Crippen LogP contribution in [-0.4, -0.2) is 28.9 Å². The normalized spacial score (nSPS) is 17.5. The molecule has 0 radical (unpaired) electrons. The summed E-state index contributed by atoms with van der Waals surface area (Å²) >= 11 is 1.68. The zero-order valence-corrected chi connectivity index (χ0v) is 15.2. The largest absolute Gasteiger partial charge is 0.341 e. The first-order valence-electron chi connectivity index (χ1n) is 8.67. The molecule has 2 atom stereocenters. The number of hydrogen-bond donors (Lipinski definition) is 1. The third-order valence-electron chi connectivity index (χ3n) is 4.53. The van der Waals surface area contributed by atoms with E-state index >= 15 is 0 Å². The van der Waals surface area contributed by atoms with E-state index in [2.05, 4.69) is 17.2 Å². The highest BCUT2D eigenvalue weighted by Gasteiger charge is 2.28. The molecule has 1 aromatic carbocycles. The summed E-state index contributed by atoms with van der Waals surface area (Å²) in [5.41, 5.74) is 1.03. The van der Waals surface area contributed by atoms with Gasteiger partial charge < -0.3 is 4.90 Å². The van der Waals surface area contributed by atoms with Gasteiger partial charge in [0.2, 0.25) is 5.91 Å². The van der Waals surface area contributed by atoms with Gasteiger partial charge in [0.15, 0.2) is 0 Å². The summed E-state index contributed by atoms with van der Waals surface area (Å²) in [6.45, 7) is 5.86. The monoisotopic (exact) mass is 343 g/mol. The molecule has 1 amide bonds. The van der Waals surface area contributed by atoms with Crippen molar-refractivity contribution in [3.8, 4) is 0 Å². The van der Waals surface area contributed by atoms with Crippen molar-refractivity contribution < 1.29 is 4.79 Å². The molecule has 0 spiro atoms. The second kappa shape index (κ2) is 7.90. The number of carbonyl (C=O) groups is 1. The molecular weight excluding hydrogens is 318 g/mol. The van der Waals surface area contributed by atoms with Gasteiger partial charge in [-0.15, -0.1) is 11.3 Å². The number of nitrogens with one attached hydrogen (secondary N) is 1. The third-order valence-corrected chi connectivity index (χ3v) is 5.63. The Bertz CT molecular complexity index is 664. The van der Waals surface area contributed by atoms with Gasteiger partial charge in [-0.2, -0.15) is 0 Å². The van der Waals surface area contributed by atoms with E-state index in [9.17, 15) is 4.79 Å². The van der Waals surface area contributed by atoms with E-state index in [1.165, 1.54) is 11.3 Å². The Balaban J connectivity index is 1.80. The molecule has 1 aliphatic heterocycles. The van der Waals surface area contributed by atoms with Crippen molar-refractivity contribution in [1.29, 1.82) is 0 Å². The fourth-order valence-electron chi connectivity index (χ4n) is 3.16. The lowest BCUT2D eigenvalue weighted by Gasteiger charge is -2.32. The Morgan fingerprint density at radius 2 is 1.92 bits per heavy atom. The van der Waals surface area contributed by atoms with Gasteiger partial charge in [-0.05, 0) is 38.7 Å². The van der Waals surface area contributed by atoms with Crippen LogP contribution in [0.3, 0.4) is 0 Å². The number of likely N-dealkylation sites (tertiary alicyclic amines) is 1. The number of rotatable bonds is 5. The number of nitrogens with zero attached hydrogens (tertiary/aromatic N) is 2. The van der Waals surface area contributed by atoms with E-state index in [4.69, 9.17) is 0 Å². The fraction of sp³-hybridized carbons (Fsp3) is 0.474. The second-order valence-corrected chi connectivity index (χ2v) is 7.67. The van der Waals surface area contributed by atoms with E-state index in [-0.39, 0.29) is 18.0 Å². The van der Waals surface area contributed by atoms with Crippen LogP contribution in [0.2, 0.25) is 0 Å². The molecule has 1 fully saturated rings. The predicted octanol–water partition coefficient (Wildman–Crippen LogP) is 3.86. The molecule has 0 unspecified atom stereocenters. The maximum absolute atomic E-state index is 13.1. The molecule has 1 aromatic heterocycles. The highest BCUT2D eigenvalue weighted by atomic mass is 32.1. The van der Waals surface area contributed by atoms with Crippen LogP contribution in [0.5, 0.6) is 0 Å². The van der Waals surface area contributed by atoms with Crippen molar-refractivity contribution in [2.75, 3.05) is 13.1 Å². The molecule has 2 heterocycles. The van der Waals surface area contributed by atoms with Gasteiger partial charge in [0, 0.05) is 30.2 Å². The van der Waals surface area contributed by atoms with E-state index in [0.717, 1.165) is 36.5 Å². The quantitative estimate of drug-likeness (QED) is 0.897. The predicted molar refractivity (Wildman–Crippen MR) is 98.0 cm³/mol. The van der Waals surface area contributed by atoms with Crippen molar-refractivity contribution in [2.45, 2.75) is 45.2 Å². The van der Waals surface area contributed by atoms with Crippen molar-refractivity contribution >= 4 is 17.2 Å². The van der Waals surface area contributed by atoms with Crippen LogP contribution in [-0.2, 0) is 4.79 Å². The maximum Gasteiger partial charge on any atom is 0.244 e. The van der Waals surface area contributed by atoms with Crippen LogP contribution in [0.15, 0.2) is 36.5 Å². The average molecular weight is 343 g/mol. The standard InChI is InChI=1S/C19H25N3OS/c1-14(17-13-20-15(2)24-17)21-18(16-9-5-3-6-10-16)19(23)22-11-7-4-8-12-22/h3,5-6,9-10,13-14,18,21H,4,7-8,11-12H2,1-2H3/t14-,18-/m1/s1. The molecule has 3 rings (SSSR count). The Kier molecular flexibility index (Phi) is 5.63. The van der Waals surface area contributed by atoms with Gasteiger partial charge in [-0.1, -0.05) is 30.3 Å². The van der Waals surface area contributed by atoms with Crippen molar-refractivity contribution in [3.05, 3.63) is 52.0 Å². The Hall–Kier alpha value is -1.72. The number of benzene rings is 1. The van der Waals surface area contributed by atoms with E-state index < -0.39 is 0 Å². The second-order valence-electron chi connectivity index (χ2n) is 6.40. The lowest BCUT2D eigenvalue weighted by atomic mass is 10.0. The lowest BCUT2D eigenvalue weighted by Crippen LogP contribution is -2.43. The van der Waals surface area contributed by atoms with Crippen LogP contribution in [0.1, 0.15) is 53.7 Å². The summed E-state index contributed by atoms with van der Waals surface area (Å²) in [6.07, 6.45) is 5.35. The summed E-state index contributed by atoms with van der Waals surface area (Å²) in [7, 11) is 0. The highest BCUT2D eigenvalue weighted by molar-refractivity contribution is 7.11. The minimum atomic E-state index is -0.304. The minimum Gasteiger partial charge on any atom is -0.341 e. The van der Waals surface area contributed by atoms with E-state index in [0.29, 0.717) is 0 Å². The molecule has 1 saturated heterocycles. The first kappa shape index (κ1) is 17.1. The van der Waals surface area contributed by atoms with Crippen molar-refractivity contribution in [1.82, 2.24) is 15.2 Å². The number of hydrogen-bond acceptors (Lipinski definition) is 4. The molecule has 4 nitrogen and oxygen atoms in total. The summed E-state index contributed by atoms with van der Waals surface area (Å²) in [5.74, 6) is 0.189. The van der Waals surface area contributed by atoms with Gasteiger partial charge in [-0.25, -0.2) is 4.98 Å². The summed E-state index contributed by atoms with van der Waals surface area (Å²) < 4.78 is 0. The smallest absolute Gasteiger partial charge is 0.244 e. The van der Waals surface area contributed by atoms with E-state index in [1.807, 2.05) is 48.4 Å². The minimum absolute atomic E-state index is 0.0927. The lowest BCUT2D eigenvalue weighted by molar-refractivity contribution is -0.134. The van der Waals surface area contributed by atoms with Crippen LogP contribution in [0, 0.1) is 6.92 Å². The maximum atomic E-state index is 13.1. The number of piperidine rings is 1. The molecule has 0 bridgehead atoms. The zero-order valence-electron chi connectivity index (χ0n) is 14.4. The summed E-state index contributed by atoms with van der Waals surface area (Å²) in [6, 6.07) is 9.83. The van der Waals surface area contributed by atoms with Crippen molar-refractivity contribution in [3.63, 3.8) is 0 Å². The SMILES string of the molecule is Cc1ncc([C@@H](C)N[C@@H](C(=O)N2CCCCC2)c2ccccc2)s1. The molecule has 5 heteroatoms. The zero-order chi connectivity index (χ0) is 16.9. The number of amides is 1. The topological polar surface area (TPSA) is 45.2 Å². The molecular formula is C19H25N3OS. The van der Waals surface area contributed by atoms with Gasteiger partial charge in [0.25, 0.3) is 0 Å². The van der Waals surface area contributed by atoms with E-state index in [1.54, 1.807) is 11.3 Å². The van der Waals surface area contributed by atoms with Gasteiger partial charge in [0.05, 0.1) is 5.01 Å². The van der Waals surface area contributed by atoms with Crippen LogP contribution < -0.4 is 5.32 Å². The summed E-state index contributed by atoms with van der Waals surface area (Å²) in [5, 5.41) is 4.59. The highest BCUT2D eigenvalue weighted by Crippen LogP contribution is 2.26. The average Bonchev–Trinajstić information content (AvgIpc) is 3.07. The van der Waals surface area contributed by atoms with Gasteiger partial charge in [-0.3, -0.25) is 10.1 Å². The fourth-order valence-corrected chi connectivity index (χ4v) is 3.96. The Morgan fingerprint density at radius 3 is 2.54 bits per heavy atom. The Morgan fingerprint density at radius 1 is 1.21 bits per heavy atom.